The second-order valence-electron chi connectivity index (χ2n) is 7.96. The molecule has 35 heavy (non-hydrogen) atoms. The van der Waals surface area contributed by atoms with Gasteiger partial charge in [0.2, 0.25) is 0 Å². The van der Waals surface area contributed by atoms with Crippen LogP contribution in [0.15, 0.2) is 66.4 Å². The van der Waals surface area contributed by atoms with Gasteiger partial charge in [-0.3, -0.25) is 9.36 Å². The van der Waals surface area contributed by atoms with Crippen molar-refractivity contribution in [2.75, 3.05) is 13.2 Å². The number of esters is 1. The lowest BCUT2D eigenvalue weighted by atomic mass is 9.95. The van der Waals surface area contributed by atoms with Crippen LogP contribution in [0.2, 0.25) is 0 Å². The van der Waals surface area contributed by atoms with Crippen LogP contribution in [0.3, 0.4) is 0 Å². The van der Waals surface area contributed by atoms with Gasteiger partial charge in [0, 0.05) is 0 Å². The summed E-state index contributed by atoms with van der Waals surface area (Å²) in [5.74, 6) is 0.244. The second kappa shape index (κ2) is 10.6. The number of nitrogens with zero attached hydrogens (tertiary/aromatic N) is 2. The van der Waals surface area contributed by atoms with Gasteiger partial charge in [-0.15, -0.1) is 0 Å². The van der Waals surface area contributed by atoms with E-state index in [1.807, 2.05) is 56.3 Å². The number of allylic oxidation sites excluding steroid dienone is 1. The number of hydrogen-bond donors (Lipinski definition) is 0. The van der Waals surface area contributed by atoms with Crippen molar-refractivity contribution in [2.24, 2.45) is 4.99 Å². The Labute approximate surface area is 223 Å². The summed E-state index contributed by atoms with van der Waals surface area (Å²) in [6.45, 7) is 8.24. The van der Waals surface area contributed by atoms with Gasteiger partial charge in [0.15, 0.2) is 4.80 Å². The topological polar surface area (TPSA) is 69.9 Å². The zero-order chi connectivity index (χ0) is 25.3. The van der Waals surface area contributed by atoms with E-state index in [2.05, 4.69) is 36.9 Å². The Balaban J connectivity index is 1.91. The van der Waals surface area contributed by atoms with Crippen LogP contribution in [0.5, 0.6) is 5.75 Å². The highest BCUT2D eigenvalue weighted by Crippen LogP contribution is 2.35. The fraction of sp³-hybridized carbons (Fsp3) is 0.269. The molecule has 2 aromatic carbocycles. The first-order valence-corrected chi connectivity index (χ1v) is 13.5. The first kappa shape index (κ1) is 25.6. The molecule has 0 amide bonds. The highest BCUT2D eigenvalue weighted by Gasteiger charge is 2.33. The van der Waals surface area contributed by atoms with Crippen LogP contribution in [0.4, 0.5) is 0 Å². The summed E-state index contributed by atoms with van der Waals surface area (Å²) in [6.07, 6.45) is 1.82. The Morgan fingerprint density at radius 1 is 1.11 bits per heavy atom. The van der Waals surface area contributed by atoms with E-state index in [9.17, 15) is 9.59 Å². The van der Waals surface area contributed by atoms with Crippen molar-refractivity contribution in [3.63, 3.8) is 0 Å². The Hall–Kier alpha value is -2.49. The molecule has 1 aromatic heterocycles. The summed E-state index contributed by atoms with van der Waals surface area (Å²) >= 11 is 8.39. The Morgan fingerprint density at radius 3 is 2.37 bits per heavy atom. The van der Waals surface area contributed by atoms with Crippen LogP contribution in [-0.2, 0) is 9.53 Å². The minimum Gasteiger partial charge on any atom is -0.492 e. The first-order valence-electron chi connectivity index (χ1n) is 11.1. The SMILES string of the molecule is CCOC(=O)C1=C(C)N=c2s/c(=C/c3cc(Br)c(OCC)c(Br)c3)c(=O)n2[C@@H]1c1ccc(C)cc1. The third-order valence-electron chi connectivity index (χ3n) is 5.52. The van der Waals surface area contributed by atoms with E-state index in [0.717, 1.165) is 25.6 Å². The van der Waals surface area contributed by atoms with E-state index < -0.39 is 12.0 Å². The maximum Gasteiger partial charge on any atom is 0.338 e. The van der Waals surface area contributed by atoms with Crippen LogP contribution >= 0.6 is 43.2 Å². The van der Waals surface area contributed by atoms with Crippen LogP contribution in [0, 0.1) is 6.92 Å². The summed E-state index contributed by atoms with van der Waals surface area (Å²) in [5.41, 5.74) is 3.45. The summed E-state index contributed by atoms with van der Waals surface area (Å²) in [5, 5.41) is 0. The van der Waals surface area contributed by atoms with Crippen molar-refractivity contribution in [3.8, 4) is 5.75 Å². The summed E-state index contributed by atoms with van der Waals surface area (Å²) in [4.78, 5) is 31.8. The number of halogens is 2. The number of aromatic nitrogens is 1. The lowest BCUT2D eigenvalue weighted by Crippen LogP contribution is -2.39. The van der Waals surface area contributed by atoms with Gasteiger partial charge in [0.1, 0.15) is 5.75 Å². The van der Waals surface area contributed by atoms with Gasteiger partial charge < -0.3 is 9.47 Å². The molecule has 182 valence electrons. The zero-order valence-electron chi connectivity index (χ0n) is 19.7. The van der Waals surface area contributed by atoms with Crippen molar-refractivity contribution in [1.82, 2.24) is 4.57 Å². The summed E-state index contributed by atoms with van der Waals surface area (Å²) < 4.78 is 14.7. The third kappa shape index (κ3) is 5.08. The second-order valence-corrected chi connectivity index (χ2v) is 10.7. The average Bonchev–Trinajstić information content (AvgIpc) is 3.10. The molecule has 2 heterocycles. The van der Waals surface area contributed by atoms with Crippen molar-refractivity contribution in [2.45, 2.75) is 33.7 Å². The highest BCUT2D eigenvalue weighted by atomic mass is 79.9. The largest absolute Gasteiger partial charge is 0.492 e. The molecule has 9 heteroatoms. The molecule has 1 aliphatic heterocycles. The Morgan fingerprint density at radius 2 is 1.77 bits per heavy atom. The smallest absolute Gasteiger partial charge is 0.338 e. The van der Waals surface area contributed by atoms with Gasteiger partial charge >= 0.3 is 5.97 Å². The number of ether oxygens (including phenoxy) is 2. The molecular weight excluding hydrogens is 596 g/mol. The third-order valence-corrected chi connectivity index (χ3v) is 7.68. The van der Waals surface area contributed by atoms with Gasteiger partial charge in [0.25, 0.3) is 5.56 Å². The van der Waals surface area contributed by atoms with Gasteiger partial charge in [-0.25, -0.2) is 9.79 Å². The Bertz CT molecular complexity index is 1480. The molecular formula is C26H24Br2N2O4S. The van der Waals surface area contributed by atoms with Crippen molar-refractivity contribution in [1.29, 1.82) is 0 Å². The molecule has 0 N–H and O–H groups in total. The van der Waals surface area contributed by atoms with E-state index in [1.54, 1.807) is 18.4 Å². The minimum absolute atomic E-state index is 0.213. The molecule has 1 atom stereocenters. The number of thiazole rings is 1. The predicted octanol–water partition coefficient (Wildman–Crippen LogP) is 5.03. The fourth-order valence-electron chi connectivity index (χ4n) is 3.95. The summed E-state index contributed by atoms with van der Waals surface area (Å²) in [6, 6.07) is 11.0. The first-order chi connectivity index (χ1) is 16.7. The number of hydrogen-bond acceptors (Lipinski definition) is 6. The molecule has 0 bridgehead atoms. The average molecular weight is 620 g/mol. The number of benzene rings is 2. The molecule has 0 unspecified atom stereocenters. The van der Waals surface area contributed by atoms with Crippen LogP contribution in [0.1, 0.15) is 43.5 Å². The minimum atomic E-state index is -0.619. The van der Waals surface area contributed by atoms with E-state index in [0.29, 0.717) is 33.0 Å². The molecule has 0 saturated heterocycles. The normalized spacial score (nSPS) is 15.6. The van der Waals surface area contributed by atoms with E-state index in [1.165, 1.54) is 11.3 Å². The van der Waals surface area contributed by atoms with Gasteiger partial charge in [0.05, 0.1) is 44.0 Å². The molecule has 0 fully saturated rings. The van der Waals surface area contributed by atoms with Crippen molar-refractivity contribution in [3.05, 3.63) is 93.0 Å². The maximum atomic E-state index is 13.7. The molecule has 6 nitrogen and oxygen atoms in total. The monoisotopic (exact) mass is 618 g/mol. The number of fused-ring (bicyclic) bond motifs is 1. The molecule has 0 radical (unpaired) electrons. The van der Waals surface area contributed by atoms with E-state index >= 15 is 0 Å². The zero-order valence-corrected chi connectivity index (χ0v) is 23.7. The van der Waals surface area contributed by atoms with E-state index in [-0.39, 0.29) is 12.2 Å². The molecule has 3 aromatic rings. The highest BCUT2D eigenvalue weighted by molar-refractivity contribution is 9.11. The predicted molar refractivity (Wildman–Crippen MR) is 145 cm³/mol. The molecule has 0 saturated carbocycles. The molecule has 1 aliphatic rings. The fourth-order valence-corrected chi connectivity index (χ4v) is 6.45. The Kier molecular flexibility index (Phi) is 7.78. The molecule has 0 aliphatic carbocycles. The van der Waals surface area contributed by atoms with Gasteiger partial charge in [-0.2, -0.15) is 0 Å². The number of rotatable bonds is 6. The van der Waals surface area contributed by atoms with E-state index in [4.69, 9.17) is 9.47 Å². The maximum absolute atomic E-state index is 13.7. The lowest BCUT2D eigenvalue weighted by Gasteiger charge is -2.24. The lowest BCUT2D eigenvalue weighted by molar-refractivity contribution is -0.139. The number of aryl methyl sites for hydroxylation is 1. The van der Waals surface area contributed by atoms with Crippen LogP contribution in [0.25, 0.3) is 6.08 Å². The molecule has 4 rings (SSSR count). The number of carbonyl (C=O) groups is 1. The number of carbonyl (C=O) groups excluding carboxylic acids is 1. The van der Waals surface area contributed by atoms with Crippen molar-refractivity contribution >= 4 is 55.2 Å². The van der Waals surface area contributed by atoms with Crippen LogP contribution < -0.4 is 19.6 Å². The van der Waals surface area contributed by atoms with Crippen LogP contribution in [-0.4, -0.2) is 23.8 Å². The van der Waals surface area contributed by atoms with Gasteiger partial charge in [-0.1, -0.05) is 41.2 Å². The van der Waals surface area contributed by atoms with Gasteiger partial charge in [-0.05, 0) is 88.9 Å². The molecule has 0 spiro atoms. The quantitative estimate of drug-likeness (QED) is 0.363. The summed E-state index contributed by atoms with van der Waals surface area (Å²) in [7, 11) is 0. The standard InChI is InChI=1S/C26H24Br2N2O4S/c1-5-33-23-18(27)11-16(12-19(23)28)13-20-24(31)30-22(17-9-7-14(3)8-10-17)21(25(32)34-6-2)15(4)29-26(30)35-20/h7-13,22H,5-6H2,1-4H3/b20-13+/t22-/m1/s1. The van der Waals surface area contributed by atoms with Crippen molar-refractivity contribution < 1.29 is 14.3 Å².